The third-order valence-electron chi connectivity index (χ3n) is 6.15. The van der Waals surface area contributed by atoms with Crippen molar-refractivity contribution >= 4 is 23.8 Å². The summed E-state index contributed by atoms with van der Waals surface area (Å²) in [4.78, 5) is 13.1. The number of piperidine rings is 1. The maximum atomic E-state index is 15.0. The lowest BCUT2D eigenvalue weighted by Crippen LogP contribution is -2.44. The second-order valence-electron chi connectivity index (χ2n) is 8.45. The van der Waals surface area contributed by atoms with E-state index in [-0.39, 0.29) is 11.7 Å². The van der Waals surface area contributed by atoms with E-state index >= 15 is 4.39 Å². The van der Waals surface area contributed by atoms with E-state index in [9.17, 15) is 9.18 Å². The molecule has 0 unspecified atom stereocenters. The van der Waals surface area contributed by atoms with E-state index in [4.69, 9.17) is 10.00 Å². The van der Waals surface area contributed by atoms with Gasteiger partial charge in [-0.05, 0) is 42.7 Å². The van der Waals surface area contributed by atoms with Gasteiger partial charge in [0.25, 0.3) is 0 Å². The molecule has 2 fully saturated rings. The highest BCUT2D eigenvalue weighted by molar-refractivity contribution is 5.71. The van der Waals surface area contributed by atoms with Crippen molar-refractivity contribution in [3.05, 3.63) is 59.7 Å². The Morgan fingerprint density at radius 3 is 2.69 bits per heavy atom. The van der Waals surface area contributed by atoms with Crippen LogP contribution in [0.5, 0.6) is 0 Å². The minimum atomic E-state index is -0.511. The lowest BCUT2D eigenvalue weighted by Gasteiger charge is -2.30. The monoisotopic (exact) mass is 479 g/mol. The van der Waals surface area contributed by atoms with Gasteiger partial charge in [0, 0.05) is 30.8 Å². The van der Waals surface area contributed by atoms with Gasteiger partial charge in [0.05, 0.1) is 30.5 Å². The lowest BCUT2D eigenvalue weighted by molar-refractivity contribution is 0.119. The number of hydrazine groups is 2. The number of cyclic esters (lactones) is 1. The van der Waals surface area contributed by atoms with Crippen LogP contribution in [-0.4, -0.2) is 49.7 Å². The van der Waals surface area contributed by atoms with Crippen molar-refractivity contribution in [1.29, 1.82) is 5.26 Å². The number of benzene rings is 2. The Hall–Kier alpha value is -4.17. The molecule has 1 amide bonds. The lowest BCUT2D eigenvalue weighted by atomic mass is 10.0. The Morgan fingerprint density at radius 1 is 1.17 bits per heavy atom. The fraction of sp³-hybridized carbons (Fsp3) is 0.292. The number of nitriles is 1. The summed E-state index contributed by atoms with van der Waals surface area (Å²) in [6.45, 7) is 2.04. The average Bonchev–Trinajstić information content (AvgIpc) is 3.49. The number of nitrogens with zero attached hydrogens (tertiary/aromatic N) is 5. The number of hydrazone groups is 1. The van der Waals surface area contributed by atoms with E-state index < -0.39 is 17.7 Å². The number of amides is 1. The molecular weight excluding hydrogens is 456 g/mol. The van der Waals surface area contributed by atoms with Crippen molar-refractivity contribution in [3.63, 3.8) is 0 Å². The molecule has 9 nitrogen and oxygen atoms in total. The largest absolute Gasteiger partial charge is 0.442 e. The predicted octanol–water partition coefficient (Wildman–Crippen LogP) is 3.28. The highest BCUT2D eigenvalue weighted by Crippen LogP contribution is 2.32. The third kappa shape index (κ3) is 4.88. The van der Waals surface area contributed by atoms with Crippen molar-refractivity contribution in [3.8, 4) is 17.2 Å². The fourth-order valence-corrected chi connectivity index (χ4v) is 4.32. The average molecular weight is 479 g/mol. The van der Waals surface area contributed by atoms with Crippen molar-refractivity contribution in [1.82, 2.24) is 15.9 Å². The van der Waals surface area contributed by atoms with Crippen LogP contribution < -0.4 is 20.9 Å². The number of ether oxygens (including phenoxy) is 1. The van der Waals surface area contributed by atoms with Gasteiger partial charge in [0.1, 0.15) is 24.1 Å². The van der Waals surface area contributed by atoms with Gasteiger partial charge in [-0.15, -0.1) is 10.6 Å². The standard InChI is InChI=1S/C24H23F2N7O2/c25-21-12-18(33-29-15-32(30-33)14-19-13-28-24(34)35-19)2-3-20(21)17-1-4-23(22(26)11-17)31-9-6-16(5-8-27)7-10-31/h1-5,11-12,15,19,30H,6-7,9-10,13-14H2,(H,28,34)/t19-/m1/s1. The zero-order valence-electron chi connectivity index (χ0n) is 18.7. The topological polar surface area (TPSA) is 96.2 Å². The van der Waals surface area contributed by atoms with Crippen LogP contribution in [0.2, 0.25) is 0 Å². The molecule has 0 radical (unpaired) electrons. The molecule has 11 heteroatoms. The Kier molecular flexibility index (Phi) is 6.20. The predicted molar refractivity (Wildman–Crippen MR) is 126 cm³/mol. The molecule has 35 heavy (non-hydrogen) atoms. The first-order valence-corrected chi connectivity index (χ1v) is 11.2. The number of hydrogen-bond acceptors (Lipinski definition) is 8. The molecule has 180 valence electrons. The van der Waals surface area contributed by atoms with Gasteiger partial charge >= 0.3 is 6.09 Å². The summed E-state index contributed by atoms with van der Waals surface area (Å²) in [6, 6.07) is 11.4. The van der Waals surface area contributed by atoms with Crippen molar-refractivity contribution in [2.45, 2.75) is 18.9 Å². The molecule has 3 aliphatic heterocycles. The van der Waals surface area contributed by atoms with Crippen LogP contribution in [0.25, 0.3) is 11.1 Å². The zero-order valence-corrected chi connectivity index (χ0v) is 18.7. The maximum Gasteiger partial charge on any atom is 0.407 e. The van der Waals surface area contributed by atoms with Crippen LogP contribution in [0.1, 0.15) is 12.8 Å². The molecule has 3 heterocycles. The Balaban J connectivity index is 1.25. The molecule has 5 rings (SSSR count). The van der Waals surface area contributed by atoms with Crippen LogP contribution >= 0.6 is 0 Å². The molecule has 2 N–H and O–H groups in total. The van der Waals surface area contributed by atoms with E-state index in [1.54, 1.807) is 35.4 Å². The summed E-state index contributed by atoms with van der Waals surface area (Å²) in [5, 5.41) is 18.6. The first-order chi connectivity index (χ1) is 17.0. The zero-order chi connectivity index (χ0) is 24.4. The van der Waals surface area contributed by atoms with Crippen molar-refractivity contribution in [2.24, 2.45) is 5.10 Å². The molecule has 0 aliphatic carbocycles. The second kappa shape index (κ2) is 9.60. The van der Waals surface area contributed by atoms with E-state index in [2.05, 4.69) is 16.0 Å². The van der Waals surface area contributed by atoms with Gasteiger partial charge in [0.2, 0.25) is 0 Å². The molecule has 2 saturated heterocycles. The van der Waals surface area contributed by atoms with Crippen molar-refractivity contribution < 1.29 is 18.3 Å². The molecular formula is C24H23F2N7O2. The van der Waals surface area contributed by atoms with E-state index in [0.29, 0.717) is 43.1 Å². The van der Waals surface area contributed by atoms with E-state index in [1.807, 2.05) is 11.0 Å². The molecule has 0 aromatic heterocycles. The number of nitrogens with one attached hydrogen (secondary N) is 2. The van der Waals surface area contributed by atoms with Gasteiger partial charge in [-0.2, -0.15) is 10.4 Å². The summed E-state index contributed by atoms with van der Waals surface area (Å²) in [5.74, 6) is -0.925. The molecule has 2 aromatic rings. The van der Waals surface area contributed by atoms with E-state index in [1.165, 1.54) is 23.6 Å². The summed E-state index contributed by atoms with van der Waals surface area (Å²) in [7, 11) is 0. The summed E-state index contributed by atoms with van der Waals surface area (Å²) < 4.78 is 35.1. The van der Waals surface area contributed by atoms with Gasteiger partial charge in [-0.25, -0.2) is 13.6 Å². The number of carbonyl (C=O) groups is 1. The number of rotatable bonds is 5. The molecule has 0 bridgehead atoms. The molecule has 3 aliphatic rings. The second-order valence-corrected chi connectivity index (χ2v) is 8.45. The molecule has 0 saturated carbocycles. The van der Waals surface area contributed by atoms with Crippen LogP contribution in [0.15, 0.2) is 53.1 Å². The number of carbonyl (C=O) groups excluding carboxylic acids is 1. The first-order valence-electron chi connectivity index (χ1n) is 11.2. The van der Waals surface area contributed by atoms with Crippen LogP contribution in [0.3, 0.4) is 0 Å². The summed E-state index contributed by atoms with van der Waals surface area (Å²) in [5.41, 5.74) is 5.69. The minimum absolute atomic E-state index is 0.279. The summed E-state index contributed by atoms with van der Waals surface area (Å²) in [6.07, 6.45) is 3.75. The molecule has 0 spiro atoms. The van der Waals surface area contributed by atoms with Crippen LogP contribution in [-0.2, 0) is 4.74 Å². The normalized spacial score (nSPS) is 19.6. The summed E-state index contributed by atoms with van der Waals surface area (Å²) >= 11 is 0. The number of anilines is 2. The smallest absolute Gasteiger partial charge is 0.407 e. The number of alkyl carbamates (subject to hydrolysis) is 1. The van der Waals surface area contributed by atoms with Crippen molar-refractivity contribution in [2.75, 3.05) is 36.2 Å². The molecule has 2 aromatic carbocycles. The number of hydrogen-bond donors (Lipinski definition) is 2. The Morgan fingerprint density at radius 2 is 2.00 bits per heavy atom. The fourth-order valence-electron chi connectivity index (χ4n) is 4.32. The van der Waals surface area contributed by atoms with Gasteiger partial charge < -0.3 is 15.0 Å². The number of allylic oxidation sites excluding steroid dienone is 1. The SMILES string of the molecule is N#CC=C1CCN(c2ccc(-c3ccc(N4N=CN(C[C@H]5CNC(=O)O5)N4)cc3F)cc2F)CC1. The Labute approximate surface area is 200 Å². The first kappa shape index (κ1) is 22.6. The van der Waals surface area contributed by atoms with Gasteiger partial charge in [-0.1, -0.05) is 11.6 Å². The highest BCUT2D eigenvalue weighted by Gasteiger charge is 2.27. The minimum Gasteiger partial charge on any atom is -0.442 e. The van der Waals surface area contributed by atoms with Crippen LogP contribution in [0, 0.1) is 23.0 Å². The molecule has 1 atom stereocenters. The maximum absolute atomic E-state index is 15.0. The Bertz CT molecular complexity index is 1230. The highest BCUT2D eigenvalue weighted by atomic mass is 19.1. The van der Waals surface area contributed by atoms with Crippen LogP contribution in [0.4, 0.5) is 25.0 Å². The van der Waals surface area contributed by atoms with Gasteiger partial charge in [0.15, 0.2) is 0 Å². The van der Waals surface area contributed by atoms with E-state index in [0.717, 1.165) is 18.4 Å². The third-order valence-corrected chi connectivity index (χ3v) is 6.15. The van der Waals surface area contributed by atoms with Gasteiger partial charge in [-0.3, -0.25) is 5.01 Å². The quantitative estimate of drug-likeness (QED) is 0.636. The number of halogens is 2.